The number of ether oxygens (including phenoxy) is 1. The van der Waals surface area contributed by atoms with Crippen molar-refractivity contribution in [3.8, 4) is 5.75 Å². The molecule has 120 valence electrons. The Kier molecular flexibility index (Phi) is 5.36. The lowest BCUT2D eigenvalue weighted by molar-refractivity contribution is -0.115. The quantitative estimate of drug-likeness (QED) is 0.892. The van der Waals surface area contributed by atoms with Gasteiger partial charge in [0.2, 0.25) is 5.91 Å². The minimum Gasteiger partial charge on any atom is -0.496 e. The van der Waals surface area contributed by atoms with Crippen molar-refractivity contribution in [2.45, 2.75) is 13.8 Å². The first-order valence-electron chi connectivity index (χ1n) is 7.29. The number of benzene rings is 2. The topological polar surface area (TPSA) is 67.4 Å². The third-order valence-corrected chi connectivity index (χ3v) is 3.27. The van der Waals surface area contributed by atoms with Crippen LogP contribution in [0.1, 0.15) is 21.5 Å². The Balaban J connectivity index is 1.95. The first-order valence-corrected chi connectivity index (χ1v) is 7.29. The number of rotatable bonds is 5. The molecule has 0 aliphatic heterocycles. The number of carbonyl (C=O) groups excluding carboxylic acids is 2. The van der Waals surface area contributed by atoms with E-state index >= 15 is 0 Å². The summed E-state index contributed by atoms with van der Waals surface area (Å²) in [6.07, 6.45) is 0. The van der Waals surface area contributed by atoms with Crippen LogP contribution in [0, 0.1) is 13.8 Å². The third-order valence-electron chi connectivity index (χ3n) is 3.27. The molecule has 2 aromatic carbocycles. The number of para-hydroxylation sites is 1. The van der Waals surface area contributed by atoms with Crippen molar-refractivity contribution in [2.75, 3.05) is 19.0 Å². The van der Waals surface area contributed by atoms with E-state index < -0.39 is 0 Å². The molecule has 0 radical (unpaired) electrons. The predicted octanol–water partition coefficient (Wildman–Crippen LogP) is 2.68. The van der Waals surface area contributed by atoms with Gasteiger partial charge in [-0.05, 0) is 49.2 Å². The van der Waals surface area contributed by atoms with Crippen LogP contribution in [0.3, 0.4) is 0 Å². The Labute approximate surface area is 135 Å². The number of hydrogen-bond donors (Lipinski definition) is 2. The zero-order valence-corrected chi connectivity index (χ0v) is 13.5. The highest BCUT2D eigenvalue weighted by Gasteiger charge is 2.12. The number of methoxy groups -OCH3 is 1. The van der Waals surface area contributed by atoms with Crippen LogP contribution in [0.2, 0.25) is 0 Å². The van der Waals surface area contributed by atoms with Gasteiger partial charge in [0, 0.05) is 5.69 Å². The van der Waals surface area contributed by atoms with Gasteiger partial charge in [0.15, 0.2) is 0 Å². The largest absolute Gasteiger partial charge is 0.496 e. The molecule has 0 bridgehead atoms. The summed E-state index contributed by atoms with van der Waals surface area (Å²) < 4.78 is 5.13. The van der Waals surface area contributed by atoms with Gasteiger partial charge >= 0.3 is 0 Å². The zero-order chi connectivity index (χ0) is 16.8. The van der Waals surface area contributed by atoms with Gasteiger partial charge in [0.1, 0.15) is 5.75 Å². The summed E-state index contributed by atoms with van der Waals surface area (Å²) in [7, 11) is 1.50. The van der Waals surface area contributed by atoms with Gasteiger partial charge in [0.05, 0.1) is 19.2 Å². The van der Waals surface area contributed by atoms with Crippen molar-refractivity contribution in [3.63, 3.8) is 0 Å². The molecule has 5 heteroatoms. The van der Waals surface area contributed by atoms with E-state index in [-0.39, 0.29) is 18.4 Å². The molecule has 0 aliphatic rings. The molecule has 0 saturated carbocycles. The maximum atomic E-state index is 12.1. The van der Waals surface area contributed by atoms with Gasteiger partial charge in [-0.1, -0.05) is 18.2 Å². The van der Waals surface area contributed by atoms with Gasteiger partial charge in [-0.2, -0.15) is 0 Å². The maximum absolute atomic E-state index is 12.1. The fourth-order valence-corrected chi connectivity index (χ4v) is 2.34. The van der Waals surface area contributed by atoms with Crippen LogP contribution >= 0.6 is 0 Å². The monoisotopic (exact) mass is 312 g/mol. The third kappa shape index (κ3) is 4.57. The molecule has 0 aromatic heterocycles. The van der Waals surface area contributed by atoms with Gasteiger partial charge in [-0.15, -0.1) is 0 Å². The van der Waals surface area contributed by atoms with Gasteiger partial charge in [-0.3, -0.25) is 9.59 Å². The average molecular weight is 312 g/mol. The van der Waals surface area contributed by atoms with Crippen molar-refractivity contribution in [1.29, 1.82) is 0 Å². The molecule has 0 fully saturated rings. The normalized spacial score (nSPS) is 10.0. The summed E-state index contributed by atoms with van der Waals surface area (Å²) in [6, 6.07) is 12.7. The van der Waals surface area contributed by atoms with Crippen LogP contribution in [0.4, 0.5) is 5.69 Å². The summed E-state index contributed by atoms with van der Waals surface area (Å²) in [4.78, 5) is 24.1. The molecule has 2 aromatic rings. The van der Waals surface area contributed by atoms with E-state index in [1.54, 1.807) is 24.3 Å². The fourth-order valence-electron chi connectivity index (χ4n) is 2.34. The summed E-state index contributed by atoms with van der Waals surface area (Å²) in [5.41, 5.74) is 3.25. The lowest BCUT2D eigenvalue weighted by atomic mass is 10.1. The van der Waals surface area contributed by atoms with E-state index in [9.17, 15) is 9.59 Å². The van der Waals surface area contributed by atoms with E-state index in [1.807, 2.05) is 32.0 Å². The summed E-state index contributed by atoms with van der Waals surface area (Å²) in [5, 5.41) is 5.37. The summed E-state index contributed by atoms with van der Waals surface area (Å²) >= 11 is 0. The first-order chi connectivity index (χ1) is 11.0. The van der Waals surface area contributed by atoms with E-state index in [0.29, 0.717) is 11.3 Å². The van der Waals surface area contributed by atoms with Gasteiger partial charge in [-0.25, -0.2) is 0 Å². The zero-order valence-electron chi connectivity index (χ0n) is 13.5. The Morgan fingerprint density at radius 1 is 1.04 bits per heavy atom. The minimum absolute atomic E-state index is 0.107. The molecule has 0 aliphatic carbocycles. The number of hydrogen-bond acceptors (Lipinski definition) is 3. The molecular weight excluding hydrogens is 292 g/mol. The first kappa shape index (κ1) is 16.5. The standard InChI is InChI=1S/C18H20N2O3/c1-12-8-13(2)10-14(9-12)20-17(21)11-19-18(22)15-6-4-5-7-16(15)23-3/h4-10H,11H2,1-3H3,(H,19,22)(H,20,21). The second-order valence-corrected chi connectivity index (χ2v) is 5.31. The van der Waals surface area contributed by atoms with Crippen LogP contribution in [0.25, 0.3) is 0 Å². The molecule has 5 nitrogen and oxygen atoms in total. The Morgan fingerprint density at radius 2 is 1.70 bits per heavy atom. The van der Waals surface area contributed by atoms with Gasteiger partial charge in [0.25, 0.3) is 5.91 Å². The highest BCUT2D eigenvalue weighted by Crippen LogP contribution is 2.17. The molecule has 0 saturated heterocycles. The molecule has 2 amide bonds. The summed E-state index contributed by atoms with van der Waals surface area (Å²) in [6.45, 7) is 3.82. The molecule has 2 rings (SSSR count). The highest BCUT2D eigenvalue weighted by atomic mass is 16.5. The van der Waals surface area contributed by atoms with Crippen LogP contribution in [0.15, 0.2) is 42.5 Å². The van der Waals surface area contributed by atoms with E-state index in [2.05, 4.69) is 10.6 Å². The predicted molar refractivity (Wildman–Crippen MR) is 89.9 cm³/mol. The number of carbonyl (C=O) groups is 2. The van der Waals surface area contributed by atoms with Crippen molar-refractivity contribution in [3.05, 3.63) is 59.2 Å². The highest BCUT2D eigenvalue weighted by molar-refractivity contribution is 6.00. The molecule has 2 N–H and O–H groups in total. The number of aryl methyl sites for hydroxylation is 2. The number of anilines is 1. The van der Waals surface area contributed by atoms with Crippen LogP contribution in [-0.4, -0.2) is 25.5 Å². The number of nitrogens with one attached hydrogen (secondary N) is 2. The SMILES string of the molecule is COc1ccccc1C(=O)NCC(=O)Nc1cc(C)cc(C)c1. The lowest BCUT2D eigenvalue weighted by Gasteiger charge is -2.10. The smallest absolute Gasteiger partial charge is 0.255 e. The average Bonchev–Trinajstić information content (AvgIpc) is 2.51. The second kappa shape index (κ2) is 7.45. The van der Waals surface area contributed by atoms with Crippen molar-refractivity contribution in [1.82, 2.24) is 5.32 Å². The Hall–Kier alpha value is -2.82. The molecule has 0 unspecified atom stereocenters. The second-order valence-electron chi connectivity index (χ2n) is 5.31. The maximum Gasteiger partial charge on any atom is 0.255 e. The Morgan fingerprint density at radius 3 is 2.35 bits per heavy atom. The van der Waals surface area contributed by atoms with Gasteiger partial charge < -0.3 is 15.4 Å². The van der Waals surface area contributed by atoms with E-state index in [4.69, 9.17) is 4.74 Å². The van der Waals surface area contributed by atoms with Crippen molar-refractivity contribution < 1.29 is 14.3 Å². The van der Waals surface area contributed by atoms with E-state index in [1.165, 1.54) is 7.11 Å². The molecule has 0 atom stereocenters. The number of amides is 2. The van der Waals surface area contributed by atoms with Crippen LogP contribution in [-0.2, 0) is 4.79 Å². The lowest BCUT2D eigenvalue weighted by Crippen LogP contribution is -2.33. The Bertz CT molecular complexity index is 706. The van der Waals surface area contributed by atoms with E-state index in [0.717, 1.165) is 16.8 Å². The fraction of sp³-hybridized carbons (Fsp3) is 0.222. The summed E-state index contributed by atoms with van der Waals surface area (Å²) in [5.74, 6) is -0.156. The molecule has 23 heavy (non-hydrogen) atoms. The van der Waals surface area contributed by atoms with Crippen molar-refractivity contribution >= 4 is 17.5 Å². The molecule has 0 spiro atoms. The van der Waals surface area contributed by atoms with Crippen molar-refractivity contribution in [2.24, 2.45) is 0 Å². The molecule has 0 heterocycles. The van der Waals surface area contributed by atoms with Crippen LogP contribution in [0.5, 0.6) is 5.75 Å². The minimum atomic E-state index is -0.349. The van der Waals surface area contributed by atoms with Crippen LogP contribution < -0.4 is 15.4 Å². The molecular formula is C18H20N2O3.